The lowest BCUT2D eigenvalue weighted by molar-refractivity contribution is 0.220. The van der Waals surface area contributed by atoms with E-state index in [2.05, 4.69) is 29.7 Å². The molecular weight excluding hydrogens is 276 g/mol. The van der Waals surface area contributed by atoms with Gasteiger partial charge in [0.2, 0.25) is 0 Å². The Morgan fingerprint density at radius 3 is 2.45 bits per heavy atom. The van der Waals surface area contributed by atoms with Crippen LogP contribution < -0.4 is 10.6 Å². The Balaban J connectivity index is 1.63. The maximum absolute atomic E-state index is 12.4. The van der Waals surface area contributed by atoms with Crippen molar-refractivity contribution in [3.05, 3.63) is 35.4 Å². The number of rotatable bonds is 7. The SMILES string of the molecule is Cc1ccccc1[C@@H](NC(=O)N[C@H](CCO)C1CC1)C1CC1. The quantitative estimate of drug-likeness (QED) is 0.725. The molecule has 0 unspecified atom stereocenters. The van der Waals surface area contributed by atoms with Crippen molar-refractivity contribution in [2.45, 2.75) is 51.1 Å². The number of aryl methyl sites for hydroxylation is 1. The van der Waals surface area contributed by atoms with E-state index in [0.717, 1.165) is 12.8 Å². The van der Waals surface area contributed by atoms with Crippen LogP contribution in [0.3, 0.4) is 0 Å². The largest absolute Gasteiger partial charge is 0.396 e. The Kier molecular flexibility index (Phi) is 4.67. The molecule has 2 amide bonds. The smallest absolute Gasteiger partial charge is 0.315 e. The molecule has 0 bridgehead atoms. The van der Waals surface area contributed by atoms with Crippen molar-refractivity contribution < 1.29 is 9.90 Å². The fraction of sp³-hybridized carbons (Fsp3) is 0.611. The Bertz CT molecular complexity index is 524. The molecule has 2 fully saturated rings. The number of amides is 2. The van der Waals surface area contributed by atoms with Crippen LogP contribution in [-0.4, -0.2) is 23.8 Å². The molecule has 2 atom stereocenters. The van der Waals surface area contributed by atoms with Gasteiger partial charge in [-0.2, -0.15) is 0 Å². The summed E-state index contributed by atoms with van der Waals surface area (Å²) in [6.45, 7) is 2.23. The maximum atomic E-state index is 12.4. The Hall–Kier alpha value is -1.55. The number of aliphatic hydroxyl groups excluding tert-OH is 1. The molecule has 1 aromatic carbocycles. The molecule has 3 N–H and O–H groups in total. The number of carbonyl (C=O) groups is 1. The van der Waals surface area contributed by atoms with Gasteiger partial charge in [0.15, 0.2) is 0 Å². The van der Waals surface area contributed by atoms with Crippen LogP contribution in [0.1, 0.15) is 49.3 Å². The van der Waals surface area contributed by atoms with Crippen LogP contribution in [0, 0.1) is 18.8 Å². The van der Waals surface area contributed by atoms with E-state index in [1.54, 1.807) is 0 Å². The van der Waals surface area contributed by atoms with Gasteiger partial charge in [-0.05, 0) is 62.0 Å². The third-order valence-electron chi connectivity index (χ3n) is 4.85. The molecule has 0 spiro atoms. The highest BCUT2D eigenvalue weighted by Gasteiger charge is 2.36. The van der Waals surface area contributed by atoms with E-state index in [1.807, 2.05) is 12.1 Å². The van der Waals surface area contributed by atoms with E-state index in [-0.39, 0.29) is 24.7 Å². The molecule has 2 aliphatic carbocycles. The van der Waals surface area contributed by atoms with Gasteiger partial charge in [0.25, 0.3) is 0 Å². The fourth-order valence-corrected chi connectivity index (χ4v) is 3.23. The summed E-state index contributed by atoms with van der Waals surface area (Å²) in [6.07, 6.45) is 5.34. The number of hydrogen-bond donors (Lipinski definition) is 3. The van der Waals surface area contributed by atoms with Crippen LogP contribution in [0.2, 0.25) is 0 Å². The number of carbonyl (C=O) groups excluding carboxylic acids is 1. The summed E-state index contributed by atoms with van der Waals surface area (Å²) in [5.74, 6) is 1.11. The minimum absolute atomic E-state index is 0.0921. The van der Waals surface area contributed by atoms with E-state index < -0.39 is 0 Å². The predicted molar refractivity (Wildman–Crippen MR) is 86.5 cm³/mol. The van der Waals surface area contributed by atoms with Gasteiger partial charge in [0.05, 0.1) is 6.04 Å². The number of nitrogens with one attached hydrogen (secondary N) is 2. The van der Waals surface area contributed by atoms with Crippen LogP contribution >= 0.6 is 0 Å². The third kappa shape index (κ3) is 3.80. The Morgan fingerprint density at radius 2 is 1.86 bits per heavy atom. The molecule has 4 heteroatoms. The van der Waals surface area contributed by atoms with Crippen LogP contribution in [-0.2, 0) is 0 Å². The number of benzene rings is 1. The summed E-state index contributed by atoms with van der Waals surface area (Å²) in [7, 11) is 0. The number of aliphatic hydroxyl groups is 1. The number of hydrogen-bond acceptors (Lipinski definition) is 2. The summed E-state index contributed by atoms with van der Waals surface area (Å²) >= 11 is 0. The molecule has 3 rings (SSSR count). The van der Waals surface area contributed by atoms with E-state index in [4.69, 9.17) is 5.11 Å². The standard InChI is InChI=1S/C18H26N2O2/c1-12-4-2-3-5-15(12)17(14-8-9-14)20-18(22)19-16(10-11-21)13-6-7-13/h2-5,13-14,16-17,21H,6-11H2,1H3,(H2,19,20,22)/t16-,17+/m1/s1. The second-order valence-electron chi connectivity index (χ2n) is 6.75. The van der Waals surface area contributed by atoms with Crippen molar-refractivity contribution in [2.75, 3.05) is 6.61 Å². The first-order valence-corrected chi connectivity index (χ1v) is 8.42. The van der Waals surface area contributed by atoms with Crippen molar-refractivity contribution in [1.82, 2.24) is 10.6 Å². The van der Waals surface area contributed by atoms with Gasteiger partial charge in [-0.15, -0.1) is 0 Å². The van der Waals surface area contributed by atoms with Crippen molar-refractivity contribution in [2.24, 2.45) is 11.8 Å². The van der Waals surface area contributed by atoms with Crippen LogP contribution in [0.25, 0.3) is 0 Å². The molecule has 4 nitrogen and oxygen atoms in total. The zero-order valence-corrected chi connectivity index (χ0v) is 13.2. The van der Waals surface area contributed by atoms with Crippen LogP contribution in [0.4, 0.5) is 4.79 Å². The van der Waals surface area contributed by atoms with Gasteiger partial charge in [0.1, 0.15) is 0 Å². The lowest BCUT2D eigenvalue weighted by Crippen LogP contribution is -2.45. The first-order valence-electron chi connectivity index (χ1n) is 8.42. The number of urea groups is 1. The molecule has 1 aromatic rings. The van der Waals surface area contributed by atoms with Crippen molar-refractivity contribution in [3.63, 3.8) is 0 Å². The minimum Gasteiger partial charge on any atom is -0.396 e. The van der Waals surface area contributed by atoms with Gasteiger partial charge >= 0.3 is 6.03 Å². The highest BCUT2D eigenvalue weighted by atomic mass is 16.3. The monoisotopic (exact) mass is 302 g/mol. The summed E-state index contributed by atoms with van der Waals surface area (Å²) in [5.41, 5.74) is 2.46. The highest BCUT2D eigenvalue weighted by Crippen LogP contribution is 2.42. The lowest BCUT2D eigenvalue weighted by Gasteiger charge is -2.24. The fourth-order valence-electron chi connectivity index (χ4n) is 3.23. The molecule has 0 heterocycles. The Labute approximate surface area is 132 Å². The van der Waals surface area contributed by atoms with E-state index in [1.165, 1.54) is 24.0 Å². The molecule has 0 radical (unpaired) electrons. The second-order valence-corrected chi connectivity index (χ2v) is 6.75. The zero-order chi connectivity index (χ0) is 15.5. The summed E-state index contributed by atoms with van der Waals surface area (Å²) < 4.78 is 0. The third-order valence-corrected chi connectivity index (χ3v) is 4.85. The average molecular weight is 302 g/mol. The maximum Gasteiger partial charge on any atom is 0.315 e. The zero-order valence-electron chi connectivity index (χ0n) is 13.2. The van der Waals surface area contributed by atoms with Gasteiger partial charge in [-0.3, -0.25) is 0 Å². The van der Waals surface area contributed by atoms with Crippen LogP contribution in [0.5, 0.6) is 0 Å². The molecule has 0 aromatic heterocycles. The average Bonchev–Trinajstić information content (AvgIpc) is 3.39. The van der Waals surface area contributed by atoms with Crippen molar-refractivity contribution >= 4 is 6.03 Å². The first-order chi connectivity index (χ1) is 10.7. The molecule has 0 saturated heterocycles. The lowest BCUT2D eigenvalue weighted by atomic mass is 9.98. The van der Waals surface area contributed by atoms with Crippen molar-refractivity contribution in [3.8, 4) is 0 Å². The summed E-state index contributed by atoms with van der Waals surface area (Å²) in [6, 6.07) is 8.42. The van der Waals surface area contributed by atoms with Gasteiger partial charge < -0.3 is 15.7 Å². The molecular formula is C18H26N2O2. The molecule has 2 aliphatic rings. The predicted octanol–water partition coefficient (Wildman–Crippen LogP) is 2.91. The van der Waals surface area contributed by atoms with Gasteiger partial charge in [0, 0.05) is 12.6 Å². The van der Waals surface area contributed by atoms with Crippen molar-refractivity contribution in [1.29, 1.82) is 0 Å². The first kappa shape index (κ1) is 15.3. The van der Waals surface area contributed by atoms with E-state index >= 15 is 0 Å². The minimum atomic E-state index is -0.0921. The van der Waals surface area contributed by atoms with Gasteiger partial charge in [-0.1, -0.05) is 24.3 Å². The second kappa shape index (κ2) is 6.69. The summed E-state index contributed by atoms with van der Waals surface area (Å²) in [5, 5.41) is 15.4. The Morgan fingerprint density at radius 1 is 1.18 bits per heavy atom. The highest BCUT2D eigenvalue weighted by molar-refractivity contribution is 5.75. The molecule has 2 saturated carbocycles. The van der Waals surface area contributed by atoms with E-state index in [0.29, 0.717) is 18.3 Å². The molecule has 120 valence electrons. The van der Waals surface area contributed by atoms with E-state index in [9.17, 15) is 4.79 Å². The molecule has 22 heavy (non-hydrogen) atoms. The summed E-state index contributed by atoms with van der Waals surface area (Å²) in [4.78, 5) is 12.4. The normalized spacial score (nSPS) is 20.3. The topological polar surface area (TPSA) is 61.4 Å². The van der Waals surface area contributed by atoms with Crippen LogP contribution in [0.15, 0.2) is 24.3 Å². The van der Waals surface area contributed by atoms with Gasteiger partial charge in [-0.25, -0.2) is 4.79 Å². The molecule has 0 aliphatic heterocycles.